The van der Waals surface area contributed by atoms with Crippen molar-refractivity contribution in [3.05, 3.63) is 27.4 Å². The highest BCUT2D eigenvalue weighted by atomic mass is 35.5. The molecule has 0 bridgehead atoms. The molecule has 0 unspecified atom stereocenters. The van der Waals surface area contributed by atoms with Gasteiger partial charge in [-0.25, -0.2) is 4.98 Å². The average molecular weight is 244 g/mol. The van der Waals surface area contributed by atoms with E-state index in [0.29, 0.717) is 5.82 Å². The second kappa shape index (κ2) is 5.12. The topological polar surface area (TPSA) is 64.0 Å². The fourth-order valence-electron chi connectivity index (χ4n) is 1.29. The van der Waals surface area contributed by atoms with Gasteiger partial charge >= 0.3 is 0 Å². The standard InChI is InChI=1S/C10H14ClN3O2/c1-6(2)12-9(15)5-14-7(3)13-8(11)4-10(14)16/h4,6H,5H2,1-3H3,(H,12,15). The Balaban J connectivity index is 2.90. The first-order valence-corrected chi connectivity index (χ1v) is 5.31. The van der Waals surface area contributed by atoms with Gasteiger partial charge < -0.3 is 5.32 Å². The highest BCUT2D eigenvalue weighted by molar-refractivity contribution is 6.29. The maximum absolute atomic E-state index is 11.5. The predicted molar refractivity (Wildman–Crippen MR) is 61.5 cm³/mol. The Morgan fingerprint density at radius 2 is 2.25 bits per heavy atom. The van der Waals surface area contributed by atoms with Crippen LogP contribution < -0.4 is 10.9 Å². The molecule has 0 spiro atoms. The molecule has 0 atom stereocenters. The molecule has 1 rings (SSSR count). The second-order valence-electron chi connectivity index (χ2n) is 3.77. The Kier molecular flexibility index (Phi) is 4.06. The van der Waals surface area contributed by atoms with E-state index in [-0.39, 0.29) is 29.2 Å². The van der Waals surface area contributed by atoms with Gasteiger partial charge in [-0.3, -0.25) is 14.2 Å². The minimum atomic E-state index is -0.323. The lowest BCUT2D eigenvalue weighted by Gasteiger charge is -2.11. The zero-order valence-corrected chi connectivity index (χ0v) is 10.2. The number of aromatic nitrogens is 2. The largest absolute Gasteiger partial charge is 0.352 e. The van der Waals surface area contributed by atoms with Crippen molar-refractivity contribution in [2.45, 2.75) is 33.4 Å². The quantitative estimate of drug-likeness (QED) is 0.796. The number of hydrogen-bond acceptors (Lipinski definition) is 3. The molecule has 6 heteroatoms. The minimum Gasteiger partial charge on any atom is -0.352 e. The Bertz CT molecular complexity index is 454. The third kappa shape index (κ3) is 3.34. The Morgan fingerprint density at radius 1 is 1.62 bits per heavy atom. The van der Waals surface area contributed by atoms with E-state index in [4.69, 9.17) is 11.6 Å². The van der Waals surface area contributed by atoms with Crippen LogP contribution in [0.5, 0.6) is 0 Å². The van der Waals surface area contributed by atoms with Gasteiger partial charge in [0.25, 0.3) is 5.56 Å². The smallest absolute Gasteiger partial charge is 0.255 e. The van der Waals surface area contributed by atoms with Crippen LogP contribution in [0.25, 0.3) is 0 Å². The summed E-state index contributed by atoms with van der Waals surface area (Å²) in [6.07, 6.45) is 0. The van der Waals surface area contributed by atoms with E-state index >= 15 is 0 Å². The number of aryl methyl sites for hydroxylation is 1. The third-order valence-electron chi connectivity index (χ3n) is 1.92. The van der Waals surface area contributed by atoms with Crippen molar-refractivity contribution in [3.8, 4) is 0 Å². The Morgan fingerprint density at radius 3 is 2.75 bits per heavy atom. The van der Waals surface area contributed by atoms with Crippen molar-refractivity contribution in [1.82, 2.24) is 14.9 Å². The van der Waals surface area contributed by atoms with E-state index in [2.05, 4.69) is 10.3 Å². The van der Waals surface area contributed by atoms with Crippen LogP contribution >= 0.6 is 11.6 Å². The summed E-state index contributed by atoms with van der Waals surface area (Å²) in [5, 5.41) is 2.84. The summed E-state index contributed by atoms with van der Waals surface area (Å²) in [7, 11) is 0. The lowest BCUT2D eigenvalue weighted by atomic mass is 10.4. The van der Waals surface area contributed by atoms with Crippen molar-refractivity contribution in [1.29, 1.82) is 0 Å². The summed E-state index contributed by atoms with van der Waals surface area (Å²) in [5.74, 6) is 0.209. The van der Waals surface area contributed by atoms with Gasteiger partial charge in [0.2, 0.25) is 5.91 Å². The van der Waals surface area contributed by atoms with Gasteiger partial charge in [0.05, 0.1) is 0 Å². The molecule has 1 heterocycles. The molecule has 0 aliphatic heterocycles. The summed E-state index contributed by atoms with van der Waals surface area (Å²) in [5.41, 5.74) is -0.323. The first-order chi connectivity index (χ1) is 7.40. The average Bonchev–Trinajstić information content (AvgIpc) is 2.09. The van der Waals surface area contributed by atoms with Gasteiger partial charge in [-0.1, -0.05) is 11.6 Å². The molecule has 1 amide bonds. The highest BCUT2D eigenvalue weighted by Crippen LogP contribution is 2.00. The van der Waals surface area contributed by atoms with Crippen molar-refractivity contribution < 1.29 is 4.79 Å². The number of nitrogens with one attached hydrogen (secondary N) is 1. The number of halogens is 1. The molecule has 0 aliphatic carbocycles. The number of nitrogens with zero attached hydrogens (tertiary/aromatic N) is 2. The van der Waals surface area contributed by atoms with Gasteiger partial charge in [0.15, 0.2) is 0 Å². The highest BCUT2D eigenvalue weighted by Gasteiger charge is 2.09. The minimum absolute atomic E-state index is 0.0347. The molecule has 16 heavy (non-hydrogen) atoms. The number of hydrogen-bond donors (Lipinski definition) is 1. The number of carbonyl (C=O) groups excluding carboxylic acids is 1. The summed E-state index contributed by atoms with van der Waals surface area (Å²) in [4.78, 5) is 26.9. The van der Waals surface area contributed by atoms with Gasteiger partial charge in [-0.05, 0) is 20.8 Å². The fourth-order valence-corrected chi connectivity index (χ4v) is 1.51. The molecule has 0 saturated heterocycles. The van der Waals surface area contributed by atoms with Gasteiger partial charge in [0.1, 0.15) is 17.5 Å². The molecular weight excluding hydrogens is 230 g/mol. The number of carbonyl (C=O) groups is 1. The molecule has 1 N–H and O–H groups in total. The normalized spacial score (nSPS) is 10.6. The van der Waals surface area contributed by atoms with Crippen LogP contribution in [0.1, 0.15) is 19.7 Å². The monoisotopic (exact) mass is 243 g/mol. The summed E-state index contributed by atoms with van der Waals surface area (Å²) >= 11 is 5.62. The third-order valence-corrected chi connectivity index (χ3v) is 2.11. The van der Waals surface area contributed by atoms with Gasteiger partial charge in [0, 0.05) is 12.1 Å². The molecule has 5 nitrogen and oxygen atoms in total. The van der Waals surface area contributed by atoms with Gasteiger partial charge in [-0.15, -0.1) is 0 Å². The molecule has 0 saturated carbocycles. The van der Waals surface area contributed by atoms with Crippen molar-refractivity contribution in [3.63, 3.8) is 0 Å². The van der Waals surface area contributed by atoms with Crippen LogP contribution in [0.4, 0.5) is 0 Å². The molecule has 0 fully saturated rings. The van der Waals surface area contributed by atoms with Crippen molar-refractivity contribution in [2.75, 3.05) is 0 Å². The summed E-state index contributed by atoms with van der Waals surface area (Å²) in [6, 6.07) is 1.24. The zero-order chi connectivity index (χ0) is 12.3. The fraction of sp³-hybridized carbons (Fsp3) is 0.500. The van der Waals surface area contributed by atoms with Crippen LogP contribution in [0.3, 0.4) is 0 Å². The molecule has 0 radical (unpaired) electrons. The van der Waals surface area contributed by atoms with Crippen molar-refractivity contribution >= 4 is 17.5 Å². The maximum Gasteiger partial charge on any atom is 0.255 e. The molecule has 1 aromatic rings. The van der Waals surface area contributed by atoms with Crippen LogP contribution in [0.2, 0.25) is 5.15 Å². The maximum atomic E-state index is 11.5. The number of amides is 1. The Labute approximate surface area is 98.4 Å². The van der Waals surface area contributed by atoms with Crippen LogP contribution in [-0.2, 0) is 11.3 Å². The van der Waals surface area contributed by atoms with Crippen LogP contribution in [0.15, 0.2) is 10.9 Å². The van der Waals surface area contributed by atoms with Crippen molar-refractivity contribution in [2.24, 2.45) is 0 Å². The van der Waals surface area contributed by atoms with Gasteiger partial charge in [-0.2, -0.15) is 0 Å². The molecule has 1 aromatic heterocycles. The van der Waals surface area contributed by atoms with E-state index in [1.54, 1.807) is 6.92 Å². The zero-order valence-electron chi connectivity index (χ0n) is 9.45. The predicted octanol–water partition coefficient (Wildman–Crippen LogP) is 0.730. The summed E-state index contributed by atoms with van der Waals surface area (Å²) in [6.45, 7) is 5.31. The van der Waals surface area contributed by atoms with E-state index in [1.807, 2.05) is 13.8 Å². The number of rotatable bonds is 3. The molecular formula is C10H14ClN3O2. The molecule has 88 valence electrons. The van der Waals surface area contributed by atoms with Crippen LogP contribution in [0, 0.1) is 6.92 Å². The molecule has 0 aromatic carbocycles. The van der Waals surface area contributed by atoms with E-state index < -0.39 is 0 Å². The van der Waals surface area contributed by atoms with E-state index in [1.165, 1.54) is 10.6 Å². The van der Waals surface area contributed by atoms with Crippen LogP contribution in [-0.4, -0.2) is 21.5 Å². The SMILES string of the molecule is Cc1nc(Cl)cc(=O)n1CC(=O)NC(C)C. The summed E-state index contributed by atoms with van der Waals surface area (Å²) < 4.78 is 1.28. The Hall–Kier alpha value is -1.36. The first-order valence-electron chi connectivity index (χ1n) is 4.93. The lowest BCUT2D eigenvalue weighted by Crippen LogP contribution is -2.36. The molecule has 0 aliphatic rings. The van der Waals surface area contributed by atoms with E-state index in [0.717, 1.165) is 0 Å². The first kappa shape index (κ1) is 12.7. The van der Waals surface area contributed by atoms with E-state index in [9.17, 15) is 9.59 Å². The lowest BCUT2D eigenvalue weighted by molar-refractivity contribution is -0.122. The second-order valence-corrected chi connectivity index (χ2v) is 4.16.